The Morgan fingerprint density at radius 2 is 2.14 bits per heavy atom. The molecule has 3 aromatic rings. The number of nitrogens with one attached hydrogen (secondary N) is 1. The van der Waals surface area contributed by atoms with Crippen molar-refractivity contribution in [1.29, 1.82) is 0 Å². The fraction of sp³-hybridized carbons (Fsp3) is 0. The highest BCUT2D eigenvalue weighted by atomic mass is 79.9. The van der Waals surface area contributed by atoms with Crippen molar-refractivity contribution in [3.8, 4) is 5.75 Å². The number of hydrogen-bond donors (Lipinski definition) is 2. The maximum atomic E-state index is 10.8. The van der Waals surface area contributed by atoms with Crippen LogP contribution in [0.3, 0.4) is 0 Å². The zero-order valence-corrected chi connectivity index (χ0v) is 12.6. The average Bonchev–Trinajstić information content (AvgIpc) is 2.91. The molecule has 0 fully saturated rings. The van der Waals surface area contributed by atoms with Crippen molar-refractivity contribution in [1.82, 2.24) is 9.97 Å². The first-order valence-electron chi connectivity index (χ1n) is 6.20. The van der Waals surface area contributed by atoms with Crippen molar-refractivity contribution < 1.29 is 10.0 Å². The molecule has 0 aliphatic rings. The molecule has 0 unspecified atom stereocenters. The summed E-state index contributed by atoms with van der Waals surface area (Å²) in [6.07, 6.45) is 1.32. The molecule has 0 amide bonds. The number of aromatic nitrogens is 2. The van der Waals surface area contributed by atoms with Gasteiger partial charge in [-0.3, -0.25) is 10.1 Å². The minimum atomic E-state index is -0.539. The van der Waals surface area contributed by atoms with E-state index in [0.717, 1.165) is 11.0 Å². The van der Waals surface area contributed by atoms with E-state index >= 15 is 0 Å². The number of halogens is 1. The number of hydrogen-bond acceptors (Lipinski definition) is 5. The summed E-state index contributed by atoms with van der Waals surface area (Å²) in [6.45, 7) is 0. The molecule has 110 valence electrons. The Balaban J connectivity index is 1.99. The second-order valence-corrected chi connectivity index (χ2v) is 5.31. The zero-order chi connectivity index (χ0) is 15.7. The first-order valence-corrected chi connectivity index (χ1v) is 6.99. The summed E-state index contributed by atoms with van der Waals surface area (Å²) < 4.78 is 0.229. The van der Waals surface area contributed by atoms with Crippen LogP contribution in [-0.4, -0.2) is 26.2 Å². The third-order valence-electron chi connectivity index (χ3n) is 2.99. The van der Waals surface area contributed by atoms with E-state index in [4.69, 9.17) is 0 Å². The monoisotopic (exact) mass is 360 g/mol. The lowest BCUT2D eigenvalue weighted by molar-refractivity contribution is -0.385. The van der Waals surface area contributed by atoms with E-state index in [1.165, 1.54) is 18.3 Å². The summed E-state index contributed by atoms with van der Waals surface area (Å²) in [4.78, 5) is 21.7. The second-order valence-electron chi connectivity index (χ2n) is 4.46. The molecule has 7 nitrogen and oxygen atoms in total. The molecule has 0 aliphatic carbocycles. The molecule has 2 aromatic carbocycles. The molecule has 0 bridgehead atoms. The lowest BCUT2D eigenvalue weighted by atomic mass is 10.2. The van der Waals surface area contributed by atoms with Gasteiger partial charge in [0, 0.05) is 23.9 Å². The summed E-state index contributed by atoms with van der Waals surface area (Å²) in [5.41, 5.74) is 1.68. The van der Waals surface area contributed by atoms with Gasteiger partial charge in [-0.25, -0.2) is 9.98 Å². The molecule has 0 radical (unpaired) electrons. The van der Waals surface area contributed by atoms with Crippen LogP contribution < -0.4 is 0 Å². The fourth-order valence-electron chi connectivity index (χ4n) is 1.94. The number of phenols is 1. The minimum absolute atomic E-state index is 0.120. The first-order chi connectivity index (χ1) is 10.5. The Hall–Kier alpha value is -2.74. The van der Waals surface area contributed by atoms with Crippen molar-refractivity contribution in [2.45, 2.75) is 0 Å². The number of rotatable bonds is 3. The van der Waals surface area contributed by atoms with E-state index in [-0.39, 0.29) is 21.5 Å². The van der Waals surface area contributed by atoms with Gasteiger partial charge < -0.3 is 10.1 Å². The van der Waals surface area contributed by atoms with E-state index in [1.807, 2.05) is 24.3 Å². The third kappa shape index (κ3) is 2.68. The number of aromatic amines is 1. The van der Waals surface area contributed by atoms with Gasteiger partial charge in [0.2, 0.25) is 5.95 Å². The van der Waals surface area contributed by atoms with Crippen LogP contribution in [-0.2, 0) is 0 Å². The van der Waals surface area contributed by atoms with Gasteiger partial charge >= 0.3 is 0 Å². The smallest absolute Gasteiger partial charge is 0.271 e. The number of H-pyrrole nitrogens is 1. The van der Waals surface area contributed by atoms with Gasteiger partial charge in [-0.1, -0.05) is 12.1 Å². The normalized spacial score (nSPS) is 11.3. The number of fused-ring (bicyclic) bond motifs is 1. The number of nitro benzene ring substituents is 1. The largest absolute Gasteiger partial charge is 0.506 e. The maximum Gasteiger partial charge on any atom is 0.271 e. The molecule has 1 heterocycles. The van der Waals surface area contributed by atoms with Crippen LogP contribution >= 0.6 is 15.9 Å². The Morgan fingerprint density at radius 3 is 2.86 bits per heavy atom. The van der Waals surface area contributed by atoms with E-state index in [2.05, 4.69) is 30.9 Å². The minimum Gasteiger partial charge on any atom is -0.506 e. The third-order valence-corrected chi connectivity index (χ3v) is 3.60. The maximum absolute atomic E-state index is 10.8. The van der Waals surface area contributed by atoms with Crippen LogP contribution in [0.25, 0.3) is 11.0 Å². The number of nitro groups is 1. The number of aromatic hydroxyl groups is 1. The van der Waals surface area contributed by atoms with Crippen LogP contribution in [0.5, 0.6) is 5.75 Å². The number of imidazole rings is 1. The molecule has 1 aromatic heterocycles. The Labute approximate surface area is 132 Å². The van der Waals surface area contributed by atoms with Gasteiger partial charge in [-0.15, -0.1) is 0 Å². The number of non-ortho nitro benzene ring substituents is 1. The Morgan fingerprint density at radius 1 is 1.36 bits per heavy atom. The Bertz CT molecular complexity index is 871. The quantitative estimate of drug-likeness (QED) is 0.422. The average molecular weight is 361 g/mol. The number of phenolic OH excluding ortho intramolecular Hbond substituents is 1. The van der Waals surface area contributed by atoms with Gasteiger partial charge in [0.1, 0.15) is 5.75 Å². The van der Waals surface area contributed by atoms with Crippen LogP contribution in [0.1, 0.15) is 5.56 Å². The summed E-state index contributed by atoms with van der Waals surface area (Å²) in [5.74, 6) is 0.230. The fourth-order valence-corrected chi connectivity index (χ4v) is 2.40. The highest BCUT2D eigenvalue weighted by molar-refractivity contribution is 9.10. The van der Waals surface area contributed by atoms with Crippen LogP contribution in [0.2, 0.25) is 0 Å². The Kier molecular flexibility index (Phi) is 3.60. The molecular weight excluding hydrogens is 352 g/mol. The number of nitrogens with zero attached hydrogens (tertiary/aromatic N) is 3. The van der Waals surface area contributed by atoms with E-state index in [9.17, 15) is 15.2 Å². The zero-order valence-electron chi connectivity index (χ0n) is 11.0. The van der Waals surface area contributed by atoms with Crippen molar-refractivity contribution in [3.05, 3.63) is 56.5 Å². The van der Waals surface area contributed by atoms with Crippen LogP contribution in [0.15, 0.2) is 45.9 Å². The van der Waals surface area contributed by atoms with Crippen LogP contribution in [0.4, 0.5) is 11.6 Å². The highest BCUT2D eigenvalue weighted by Gasteiger charge is 2.13. The van der Waals surface area contributed by atoms with Gasteiger partial charge in [0.05, 0.1) is 20.4 Å². The molecule has 0 spiro atoms. The van der Waals surface area contributed by atoms with E-state index in [0.29, 0.717) is 5.95 Å². The summed E-state index contributed by atoms with van der Waals surface area (Å²) in [5, 5.41) is 20.8. The molecule has 0 aliphatic heterocycles. The second kappa shape index (κ2) is 5.57. The molecule has 3 rings (SSSR count). The van der Waals surface area contributed by atoms with Crippen molar-refractivity contribution in [2.75, 3.05) is 0 Å². The van der Waals surface area contributed by atoms with Gasteiger partial charge in [0.15, 0.2) is 0 Å². The molecule has 0 saturated carbocycles. The molecule has 0 saturated heterocycles. The molecule has 8 heteroatoms. The van der Waals surface area contributed by atoms with Crippen molar-refractivity contribution in [3.63, 3.8) is 0 Å². The topological polar surface area (TPSA) is 104 Å². The summed E-state index contributed by atoms with van der Waals surface area (Å²) in [7, 11) is 0. The van der Waals surface area contributed by atoms with Gasteiger partial charge in [-0.2, -0.15) is 0 Å². The van der Waals surface area contributed by atoms with Crippen molar-refractivity contribution >= 4 is 44.8 Å². The number of para-hydroxylation sites is 2. The van der Waals surface area contributed by atoms with Crippen molar-refractivity contribution in [2.24, 2.45) is 4.99 Å². The molecule has 2 N–H and O–H groups in total. The van der Waals surface area contributed by atoms with E-state index in [1.54, 1.807) is 0 Å². The van der Waals surface area contributed by atoms with Gasteiger partial charge in [-0.05, 0) is 28.1 Å². The standard InChI is InChI=1S/C14H9BrN4O3/c15-10-6-9(19(21)22)5-8(13(10)20)7-16-14-17-11-3-1-2-4-12(11)18-14/h1-7,20H,(H,17,18). The molecule has 0 atom stereocenters. The predicted octanol–water partition coefficient (Wildman–Crippen LogP) is 3.69. The first kappa shape index (κ1) is 14.2. The SMILES string of the molecule is O=[N+]([O-])c1cc(Br)c(O)c(C=Nc2nc3ccccc3[nH]2)c1. The lowest BCUT2D eigenvalue weighted by Crippen LogP contribution is -1.91. The number of aliphatic imine (C=N–C) groups is 1. The summed E-state index contributed by atoms with van der Waals surface area (Å²) >= 11 is 3.08. The van der Waals surface area contributed by atoms with Crippen LogP contribution in [0, 0.1) is 10.1 Å². The highest BCUT2D eigenvalue weighted by Crippen LogP contribution is 2.31. The predicted molar refractivity (Wildman–Crippen MR) is 85.8 cm³/mol. The van der Waals surface area contributed by atoms with E-state index < -0.39 is 4.92 Å². The molecular formula is C14H9BrN4O3. The molecule has 22 heavy (non-hydrogen) atoms. The summed E-state index contributed by atoms with van der Waals surface area (Å²) in [6, 6.07) is 9.91. The lowest BCUT2D eigenvalue weighted by Gasteiger charge is -2.01. The van der Waals surface area contributed by atoms with Gasteiger partial charge in [0.25, 0.3) is 5.69 Å². The number of benzene rings is 2.